The minimum atomic E-state index is -0.752. The number of carbonyl (C=O) groups is 1. The lowest BCUT2D eigenvalue weighted by Gasteiger charge is -2.11. The molecule has 0 aliphatic heterocycles. The summed E-state index contributed by atoms with van der Waals surface area (Å²) in [6.07, 6.45) is 1.37. The molecule has 2 aromatic heterocycles. The molecule has 0 amide bonds. The van der Waals surface area contributed by atoms with E-state index >= 15 is 0 Å². The average Bonchev–Trinajstić information content (AvgIpc) is 2.29. The predicted octanol–water partition coefficient (Wildman–Crippen LogP) is -0.472. The summed E-state index contributed by atoms with van der Waals surface area (Å²) in [6, 6.07) is 0.745. The minimum absolute atomic E-state index is 0.0894. The van der Waals surface area contributed by atoms with Crippen LogP contribution in [0.4, 0.5) is 0 Å². The molecule has 94 valence electrons. The van der Waals surface area contributed by atoms with Crippen molar-refractivity contribution >= 4 is 16.7 Å². The maximum atomic E-state index is 12.1. The zero-order valence-electron chi connectivity index (χ0n) is 9.81. The molecule has 0 radical (unpaired) electrons. The first-order valence-electron chi connectivity index (χ1n) is 5.29. The zero-order chi connectivity index (χ0) is 13.4. The van der Waals surface area contributed by atoms with Crippen LogP contribution in [0.25, 0.3) is 10.9 Å². The van der Waals surface area contributed by atoms with Crippen LogP contribution < -0.4 is 16.8 Å². The molecule has 0 saturated heterocycles. The fraction of sp³-hybridized carbons (Fsp3) is 0.273. The largest absolute Gasteiger partial charge is 0.326 e. The second kappa shape index (κ2) is 4.10. The molecule has 0 bridgehead atoms. The Kier molecular flexibility index (Phi) is 2.74. The van der Waals surface area contributed by atoms with Gasteiger partial charge in [-0.3, -0.25) is 19.4 Å². The molecule has 2 N–H and O–H groups in total. The van der Waals surface area contributed by atoms with Crippen molar-refractivity contribution in [3.63, 3.8) is 0 Å². The number of nitrogens with zero attached hydrogens (tertiary/aromatic N) is 1. The number of fused-ring (bicyclic) bond motifs is 1. The van der Waals surface area contributed by atoms with Crippen LogP contribution in [0.2, 0.25) is 0 Å². The highest BCUT2D eigenvalue weighted by Gasteiger charge is 2.14. The van der Waals surface area contributed by atoms with E-state index in [4.69, 9.17) is 0 Å². The number of aromatic amines is 2. The number of H-pyrrole nitrogens is 2. The standard InChI is InChI=1S/C11H11N3O4/c1-5(6(2)15)14-4-3-7-8(10(14)17)12-11(18)13-9(7)16/h3-5H,1-2H3,(H2,12,13,16,18). The molecule has 2 aromatic rings. The second-order valence-electron chi connectivity index (χ2n) is 4.01. The van der Waals surface area contributed by atoms with Gasteiger partial charge in [0.2, 0.25) is 0 Å². The zero-order valence-corrected chi connectivity index (χ0v) is 9.81. The van der Waals surface area contributed by atoms with Crippen molar-refractivity contribution in [1.82, 2.24) is 14.5 Å². The van der Waals surface area contributed by atoms with Crippen LogP contribution in [0.1, 0.15) is 19.9 Å². The molecule has 0 spiro atoms. The summed E-state index contributed by atoms with van der Waals surface area (Å²) in [6.45, 7) is 2.93. The maximum Gasteiger partial charge on any atom is 0.326 e. The van der Waals surface area contributed by atoms with Crippen LogP contribution in [0.3, 0.4) is 0 Å². The van der Waals surface area contributed by atoms with Crippen molar-refractivity contribution in [1.29, 1.82) is 0 Å². The van der Waals surface area contributed by atoms with Crippen LogP contribution >= 0.6 is 0 Å². The van der Waals surface area contributed by atoms with E-state index in [-0.39, 0.29) is 16.7 Å². The topological polar surface area (TPSA) is 105 Å². The van der Waals surface area contributed by atoms with Crippen molar-refractivity contribution in [3.05, 3.63) is 43.5 Å². The fourth-order valence-corrected chi connectivity index (χ4v) is 1.68. The molecular formula is C11H11N3O4. The maximum absolute atomic E-state index is 12.1. The van der Waals surface area contributed by atoms with Gasteiger partial charge in [0.15, 0.2) is 5.78 Å². The molecule has 1 unspecified atom stereocenters. The van der Waals surface area contributed by atoms with Gasteiger partial charge in [-0.1, -0.05) is 0 Å². The Morgan fingerprint density at radius 1 is 1.28 bits per heavy atom. The quantitative estimate of drug-likeness (QED) is 0.750. The van der Waals surface area contributed by atoms with Gasteiger partial charge in [0, 0.05) is 6.20 Å². The minimum Gasteiger partial charge on any atom is -0.304 e. The number of nitrogens with one attached hydrogen (secondary N) is 2. The number of aromatic nitrogens is 3. The van der Waals surface area contributed by atoms with Crippen LogP contribution in [-0.2, 0) is 4.79 Å². The molecule has 18 heavy (non-hydrogen) atoms. The number of carbonyl (C=O) groups excluding carboxylic acids is 1. The van der Waals surface area contributed by atoms with Crippen molar-refractivity contribution in [2.45, 2.75) is 19.9 Å². The number of rotatable bonds is 2. The fourth-order valence-electron chi connectivity index (χ4n) is 1.68. The van der Waals surface area contributed by atoms with Crippen LogP contribution in [0.5, 0.6) is 0 Å². The van der Waals surface area contributed by atoms with E-state index in [0.717, 1.165) is 0 Å². The lowest BCUT2D eigenvalue weighted by molar-refractivity contribution is -0.119. The van der Waals surface area contributed by atoms with Gasteiger partial charge in [0.05, 0.1) is 11.4 Å². The van der Waals surface area contributed by atoms with Gasteiger partial charge >= 0.3 is 5.69 Å². The lowest BCUT2D eigenvalue weighted by atomic mass is 10.2. The van der Waals surface area contributed by atoms with Crippen molar-refractivity contribution in [2.75, 3.05) is 0 Å². The molecule has 0 aliphatic rings. The van der Waals surface area contributed by atoms with Gasteiger partial charge < -0.3 is 9.55 Å². The highest BCUT2D eigenvalue weighted by molar-refractivity contribution is 5.81. The molecular weight excluding hydrogens is 238 g/mol. The molecule has 0 aliphatic carbocycles. The summed E-state index contributed by atoms with van der Waals surface area (Å²) < 4.78 is 1.18. The second-order valence-corrected chi connectivity index (χ2v) is 4.01. The Morgan fingerprint density at radius 2 is 1.94 bits per heavy atom. The third-order valence-corrected chi connectivity index (χ3v) is 2.84. The van der Waals surface area contributed by atoms with Crippen molar-refractivity contribution in [3.8, 4) is 0 Å². The van der Waals surface area contributed by atoms with Crippen LogP contribution in [0, 0.1) is 0 Å². The molecule has 7 heteroatoms. The molecule has 1 atom stereocenters. The number of Topliss-reactive ketones (excluding diaryl/α,β-unsaturated/α-hetero) is 1. The van der Waals surface area contributed by atoms with E-state index in [0.29, 0.717) is 0 Å². The SMILES string of the molecule is CC(=O)C(C)n1ccc2c(=O)[nH]c(=O)[nH]c2c1=O. The summed E-state index contributed by atoms with van der Waals surface area (Å²) in [5, 5.41) is 0.0894. The average molecular weight is 249 g/mol. The predicted molar refractivity (Wildman–Crippen MR) is 64.8 cm³/mol. The van der Waals surface area contributed by atoms with Gasteiger partial charge in [-0.05, 0) is 19.9 Å². The molecule has 7 nitrogen and oxygen atoms in total. The van der Waals surface area contributed by atoms with Gasteiger partial charge in [-0.25, -0.2) is 4.79 Å². The third-order valence-electron chi connectivity index (χ3n) is 2.84. The monoisotopic (exact) mass is 249 g/mol. The highest BCUT2D eigenvalue weighted by atomic mass is 16.2. The summed E-state index contributed by atoms with van der Waals surface area (Å²) >= 11 is 0. The number of hydrogen-bond donors (Lipinski definition) is 2. The summed E-state index contributed by atoms with van der Waals surface area (Å²) in [5.74, 6) is -0.191. The van der Waals surface area contributed by atoms with Gasteiger partial charge in [-0.15, -0.1) is 0 Å². The first-order valence-corrected chi connectivity index (χ1v) is 5.29. The summed E-state index contributed by atoms with van der Waals surface area (Å²) in [5.41, 5.74) is -2.05. The Balaban J connectivity index is 2.88. The van der Waals surface area contributed by atoms with E-state index < -0.39 is 22.9 Å². The smallest absolute Gasteiger partial charge is 0.304 e. The molecule has 0 fully saturated rings. The first kappa shape index (κ1) is 12.0. The third kappa shape index (κ3) is 1.79. The van der Waals surface area contributed by atoms with E-state index in [1.807, 2.05) is 4.98 Å². The Bertz CT molecular complexity index is 796. The van der Waals surface area contributed by atoms with E-state index in [9.17, 15) is 19.2 Å². The molecule has 0 aromatic carbocycles. The van der Waals surface area contributed by atoms with Gasteiger partial charge in [0.1, 0.15) is 5.52 Å². The molecule has 2 rings (SSSR count). The number of hydrogen-bond acceptors (Lipinski definition) is 4. The van der Waals surface area contributed by atoms with E-state index in [1.165, 1.54) is 23.8 Å². The van der Waals surface area contributed by atoms with Gasteiger partial charge in [0.25, 0.3) is 11.1 Å². The summed E-state index contributed by atoms with van der Waals surface area (Å²) in [4.78, 5) is 50.3. The van der Waals surface area contributed by atoms with Crippen LogP contribution in [-0.4, -0.2) is 20.3 Å². The van der Waals surface area contributed by atoms with E-state index in [2.05, 4.69) is 4.98 Å². The summed E-state index contributed by atoms with van der Waals surface area (Å²) in [7, 11) is 0. The van der Waals surface area contributed by atoms with Crippen molar-refractivity contribution in [2.24, 2.45) is 0 Å². The highest BCUT2D eigenvalue weighted by Crippen LogP contribution is 2.06. The lowest BCUT2D eigenvalue weighted by Crippen LogP contribution is -2.31. The van der Waals surface area contributed by atoms with Crippen LogP contribution in [0.15, 0.2) is 26.6 Å². The Morgan fingerprint density at radius 3 is 2.56 bits per heavy atom. The molecule has 2 heterocycles. The van der Waals surface area contributed by atoms with E-state index in [1.54, 1.807) is 6.92 Å². The Hall–Kier alpha value is -2.44. The molecule has 0 saturated carbocycles. The normalized spacial score (nSPS) is 12.6. The number of ketones is 1. The first-order chi connectivity index (χ1) is 8.41. The Labute approximate surface area is 100 Å². The van der Waals surface area contributed by atoms with Gasteiger partial charge in [-0.2, -0.15) is 0 Å². The number of pyridine rings is 1. The van der Waals surface area contributed by atoms with Crippen molar-refractivity contribution < 1.29 is 4.79 Å².